The Bertz CT molecular complexity index is 610. The number of aromatic nitrogens is 1. The van der Waals surface area contributed by atoms with Crippen molar-refractivity contribution >= 4 is 16.6 Å². The molecular weight excluding hydrogens is 246 g/mol. The molecule has 3 heterocycles. The maximum atomic E-state index is 4.42. The van der Waals surface area contributed by atoms with Gasteiger partial charge >= 0.3 is 0 Å². The highest BCUT2D eigenvalue weighted by Gasteiger charge is 2.40. The van der Waals surface area contributed by atoms with Gasteiger partial charge < -0.3 is 10.2 Å². The predicted octanol–water partition coefficient (Wildman–Crippen LogP) is 2.95. The first-order valence-electron chi connectivity index (χ1n) is 7.65. The van der Waals surface area contributed by atoms with Crippen LogP contribution >= 0.6 is 0 Å². The van der Waals surface area contributed by atoms with Crippen LogP contribution in [0.25, 0.3) is 10.9 Å². The number of rotatable bonds is 2. The Morgan fingerprint density at radius 3 is 2.70 bits per heavy atom. The molecule has 2 saturated heterocycles. The molecule has 1 aromatic carbocycles. The van der Waals surface area contributed by atoms with Gasteiger partial charge in [0.05, 0.1) is 5.52 Å². The van der Waals surface area contributed by atoms with Gasteiger partial charge in [0.25, 0.3) is 0 Å². The van der Waals surface area contributed by atoms with Crippen LogP contribution in [0.5, 0.6) is 0 Å². The standard InChI is InChI=1S/C17H21N3/c1-18-13-10-15-4-5-16(11-13)20(15)14-6-7-17-12(9-14)3-2-8-19-17/h2-3,6-9,13,15-16,18H,4-5,10-11H2,1H3. The minimum atomic E-state index is 0.700. The van der Waals surface area contributed by atoms with Gasteiger partial charge in [-0.2, -0.15) is 0 Å². The molecule has 2 unspecified atom stereocenters. The normalized spacial score (nSPS) is 29.1. The van der Waals surface area contributed by atoms with Crippen molar-refractivity contribution in [3.8, 4) is 0 Å². The first kappa shape index (κ1) is 12.2. The van der Waals surface area contributed by atoms with Crippen LogP contribution < -0.4 is 10.2 Å². The molecule has 2 aliphatic rings. The van der Waals surface area contributed by atoms with Crippen molar-refractivity contribution in [2.75, 3.05) is 11.9 Å². The van der Waals surface area contributed by atoms with E-state index in [9.17, 15) is 0 Å². The molecule has 104 valence electrons. The van der Waals surface area contributed by atoms with Gasteiger partial charge in [-0.15, -0.1) is 0 Å². The van der Waals surface area contributed by atoms with Gasteiger partial charge in [0.15, 0.2) is 0 Å². The molecule has 0 spiro atoms. The van der Waals surface area contributed by atoms with Crippen LogP contribution in [0.4, 0.5) is 5.69 Å². The lowest BCUT2D eigenvalue weighted by Gasteiger charge is -2.40. The predicted molar refractivity (Wildman–Crippen MR) is 83.1 cm³/mol. The number of fused-ring (bicyclic) bond motifs is 3. The molecule has 20 heavy (non-hydrogen) atoms. The second-order valence-corrected chi connectivity index (χ2v) is 6.13. The molecule has 2 bridgehead atoms. The van der Waals surface area contributed by atoms with E-state index in [2.05, 4.69) is 46.5 Å². The van der Waals surface area contributed by atoms with Crippen LogP contribution in [0.2, 0.25) is 0 Å². The molecular formula is C17H21N3. The summed E-state index contributed by atoms with van der Waals surface area (Å²) in [7, 11) is 2.10. The van der Waals surface area contributed by atoms with Gasteiger partial charge in [-0.1, -0.05) is 6.07 Å². The molecule has 0 saturated carbocycles. The first-order chi connectivity index (χ1) is 9.85. The van der Waals surface area contributed by atoms with E-state index in [0.717, 1.165) is 5.52 Å². The highest BCUT2D eigenvalue weighted by atomic mass is 15.2. The van der Waals surface area contributed by atoms with Crippen LogP contribution in [0.1, 0.15) is 25.7 Å². The number of pyridine rings is 1. The summed E-state index contributed by atoms with van der Waals surface area (Å²) in [5.74, 6) is 0. The molecule has 2 aromatic rings. The minimum Gasteiger partial charge on any atom is -0.365 e. The first-order valence-corrected chi connectivity index (χ1v) is 7.65. The Morgan fingerprint density at radius 1 is 1.15 bits per heavy atom. The van der Waals surface area contributed by atoms with E-state index in [1.54, 1.807) is 0 Å². The molecule has 2 fully saturated rings. The monoisotopic (exact) mass is 267 g/mol. The fourth-order valence-electron chi connectivity index (χ4n) is 4.06. The van der Waals surface area contributed by atoms with Crippen LogP contribution in [-0.4, -0.2) is 30.2 Å². The molecule has 0 aliphatic carbocycles. The van der Waals surface area contributed by atoms with Crippen LogP contribution in [0.15, 0.2) is 36.5 Å². The van der Waals surface area contributed by atoms with Crippen molar-refractivity contribution in [3.05, 3.63) is 36.5 Å². The molecule has 2 aliphatic heterocycles. The number of nitrogens with one attached hydrogen (secondary N) is 1. The summed E-state index contributed by atoms with van der Waals surface area (Å²) < 4.78 is 0. The zero-order valence-corrected chi connectivity index (χ0v) is 11.9. The van der Waals surface area contributed by atoms with Crippen LogP contribution in [0.3, 0.4) is 0 Å². The van der Waals surface area contributed by atoms with Crippen LogP contribution in [0, 0.1) is 0 Å². The fourth-order valence-corrected chi connectivity index (χ4v) is 4.06. The third-order valence-corrected chi connectivity index (χ3v) is 5.03. The van der Waals surface area contributed by atoms with Crippen molar-refractivity contribution in [1.29, 1.82) is 0 Å². The van der Waals surface area contributed by atoms with Crippen molar-refractivity contribution in [2.45, 2.75) is 43.8 Å². The van der Waals surface area contributed by atoms with E-state index in [4.69, 9.17) is 0 Å². The summed E-state index contributed by atoms with van der Waals surface area (Å²) in [6.45, 7) is 0. The molecule has 0 radical (unpaired) electrons. The number of benzene rings is 1. The third-order valence-electron chi connectivity index (χ3n) is 5.03. The van der Waals surface area contributed by atoms with E-state index < -0.39 is 0 Å². The van der Waals surface area contributed by atoms with E-state index in [1.807, 2.05) is 12.3 Å². The summed E-state index contributed by atoms with van der Waals surface area (Å²) in [5.41, 5.74) is 2.47. The largest absolute Gasteiger partial charge is 0.365 e. The van der Waals surface area contributed by atoms with Crippen molar-refractivity contribution in [1.82, 2.24) is 10.3 Å². The zero-order chi connectivity index (χ0) is 13.5. The van der Waals surface area contributed by atoms with Gasteiger partial charge in [0.1, 0.15) is 0 Å². The molecule has 0 amide bonds. The number of piperidine rings is 1. The highest BCUT2D eigenvalue weighted by molar-refractivity contribution is 5.82. The van der Waals surface area contributed by atoms with Crippen molar-refractivity contribution < 1.29 is 0 Å². The van der Waals surface area contributed by atoms with Crippen molar-refractivity contribution in [2.24, 2.45) is 0 Å². The summed E-state index contributed by atoms with van der Waals surface area (Å²) >= 11 is 0. The summed E-state index contributed by atoms with van der Waals surface area (Å²) in [6.07, 6.45) is 7.10. The highest BCUT2D eigenvalue weighted by Crippen LogP contribution is 2.39. The Morgan fingerprint density at radius 2 is 1.95 bits per heavy atom. The second-order valence-electron chi connectivity index (χ2n) is 6.13. The third kappa shape index (κ3) is 1.88. The van der Waals surface area contributed by atoms with Gasteiger partial charge in [-0.05, 0) is 57.0 Å². The Hall–Kier alpha value is -1.61. The smallest absolute Gasteiger partial charge is 0.0703 e. The van der Waals surface area contributed by atoms with Gasteiger partial charge in [0, 0.05) is 35.4 Å². The second kappa shape index (κ2) is 4.74. The van der Waals surface area contributed by atoms with E-state index in [0.29, 0.717) is 18.1 Å². The van der Waals surface area contributed by atoms with Gasteiger partial charge in [-0.25, -0.2) is 0 Å². The van der Waals surface area contributed by atoms with E-state index in [1.165, 1.54) is 36.8 Å². The maximum Gasteiger partial charge on any atom is 0.0703 e. The Balaban J connectivity index is 1.69. The van der Waals surface area contributed by atoms with Gasteiger partial charge in [0.2, 0.25) is 0 Å². The average molecular weight is 267 g/mol. The van der Waals surface area contributed by atoms with Crippen LogP contribution in [-0.2, 0) is 0 Å². The summed E-state index contributed by atoms with van der Waals surface area (Å²) in [4.78, 5) is 7.08. The minimum absolute atomic E-state index is 0.700. The number of anilines is 1. The lowest BCUT2D eigenvalue weighted by atomic mass is 9.96. The maximum absolute atomic E-state index is 4.42. The molecule has 3 nitrogen and oxygen atoms in total. The lowest BCUT2D eigenvalue weighted by Crippen LogP contribution is -2.48. The molecule has 2 atom stereocenters. The van der Waals surface area contributed by atoms with Gasteiger partial charge in [-0.3, -0.25) is 4.98 Å². The molecule has 1 N–H and O–H groups in total. The average Bonchev–Trinajstić information content (AvgIpc) is 2.77. The summed E-state index contributed by atoms with van der Waals surface area (Å²) in [5, 5.41) is 4.72. The van der Waals surface area contributed by atoms with Crippen molar-refractivity contribution in [3.63, 3.8) is 0 Å². The molecule has 3 heteroatoms. The quantitative estimate of drug-likeness (QED) is 0.906. The molecule has 4 rings (SSSR count). The topological polar surface area (TPSA) is 28.2 Å². The Kier molecular flexibility index (Phi) is 2.88. The zero-order valence-electron chi connectivity index (χ0n) is 11.9. The fraction of sp³-hybridized carbons (Fsp3) is 0.471. The SMILES string of the molecule is CNC1CC2CCC(C1)N2c1ccc2ncccc2c1. The lowest BCUT2D eigenvalue weighted by molar-refractivity contribution is 0.374. The Labute approximate surface area is 120 Å². The summed E-state index contributed by atoms with van der Waals surface area (Å²) in [6, 6.07) is 13.0. The number of hydrogen-bond acceptors (Lipinski definition) is 3. The van der Waals surface area contributed by atoms with E-state index in [-0.39, 0.29) is 0 Å². The number of nitrogens with zero attached hydrogens (tertiary/aromatic N) is 2. The van der Waals surface area contributed by atoms with E-state index >= 15 is 0 Å². The molecule has 1 aromatic heterocycles. The number of hydrogen-bond donors (Lipinski definition) is 1.